The second-order valence-corrected chi connectivity index (χ2v) is 3.27. The lowest BCUT2D eigenvalue weighted by molar-refractivity contribution is -0.125. The predicted molar refractivity (Wildman–Crippen MR) is 43.9 cm³/mol. The van der Waals surface area contributed by atoms with Crippen molar-refractivity contribution in [1.29, 1.82) is 0 Å². The van der Waals surface area contributed by atoms with Crippen molar-refractivity contribution in [2.24, 2.45) is 5.41 Å². The molecule has 0 rings (SSSR count). The maximum absolute atomic E-state index is 10.9. The second kappa shape index (κ2) is 3.55. The average molecular weight is 140 g/mol. The number of rotatable bonds is 4. The van der Waals surface area contributed by atoms with Gasteiger partial charge in [-0.3, -0.25) is 4.79 Å². The highest BCUT2D eigenvalue weighted by molar-refractivity contribution is 5.81. The summed E-state index contributed by atoms with van der Waals surface area (Å²) in [6.45, 7) is 9.20. The molecular weight excluding hydrogens is 124 g/mol. The standard InChI is InChI=1S/C9H16O/c1-5-6-7-9(3,4)8(2)10/h5H,1,6-7H2,2-4H3. The average Bonchev–Trinajstić information content (AvgIpc) is 1.84. The van der Waals surface area contributed by atoms with Gasteiger partial charge in [0, 0.05) is 5.41 Å². The zero-order valence-corrected chi connectivity index (χ0v) is 7.11. The highest BCUT2D eigenvalue weighted by Crippen LogP contribution is 2.22. The Labute approximate surface area is 63.1 Å². The van der Waals surface area contributed by atoms with Crippen molar-refractivity contribution in [3.63, 3.8) is 0 Å². The third-order valence-corrected chi connectivity index (χ3v) is 1.93. The Morgan fingerprint density at radius 2 is 2.10 bits per heavy atom. The molecule has 0 amide bonds. The number of hydrogen-bond acceptors (Lipinski definition) is 1. The molecule has 0 N–H and O–H groups in total. The van der Waals surface area contributed by atoms with Crippen LogP contribution in [0, 0.1) is 5.41 Å². The zero-order valence-electron chi connectivity index (χ0n) is 7.11. The first-order chi connectivity index (χ1) is 4.50. The third-order valence-electron chi connectivity index (χ3n) is 1.93. The Morgan fingerprint density at radius 3 is 2.40 bits per heavy atom. The number of Topliss-reactive ketones (excluding diaryl/α,β-unsaturated/α-hetero) is 1. The van der Waals surface area contributed by atoms with E-state index >= 15 is 0 Å². The van der Waals surface area contributed by atoms with Crippen LogP contribution in [0.25, 0.3) is 0 Å². The van der Waals surface area contributed by atoms with E-state index < -0.39 is 0 Å². The normalized spacial score (nSPS) is 11.1. The summed E-state index contributed by atoms with van der Waals surface area (Å²) in [5.74, 6) is 0.259. The van der Waals surface area contributed by atoms with Crippen molar-refractivity contribution in [2.75, 3.05) is 0 Å². The van der Waals surface area contributed by atoms with Crippen molar-refractivity contribution in [1.82, 2.24) is 0 Å². The molecule has 1 heteroatoms. The van der Waals surface area contributed by atoms with Crippen LogP contribution in [0.15, 0.2) is 12.7 Å². The highest BCUT2D eigenvalue weighted by atomic mass is 16.1. The minimum atomic E-state index is -0.159. The van der Waals surface area contributed by atoms with Crippen LogP contribution in [-0.4, -0.2) is 5.78 Å². The fourth-order valence-corrected chi connectivity index (χ4v) is 0.639. The number of hydrogen-bond donors (Lipinski definition) is 0. The quantitative estimate of drug-likeness (QED) is 0.548. The monoisotopic (exact) mass is 140 g/mol. The summed E-state index contributed by atoms with van der Waals surface area (Å²) in [5.41, 5.74) is -0.159. The molecule has 0 aromatic carbocycles. The molecule has 0 aromatic heterocycles. The van der Waals surface area contributed by atoms with Crippen LogP contribution in [0.2, 0.25) is 0 Å². The first-order valence-corrected chi connectivity index (χ1v) is 3.62. The van der Waals surface area contributed by atoms with Crippen LogP contribution in [0.4, 0.5) is 0 Å². The molecule has 0 heterocycles. The summed E-state index contributed by atoms with van der Waals surface area (Å²) in [6, 6.07) is 0. The van der Waals surface area contributed by atoms with E-state index in [0.717, 1.165) is 12.8 Å². The summed E-state index contributed by atoms with van der Waals surface area (Å²) < 4.78 is 0. The van der Waals surface area contributed by atoms with Crippen molar-refractivity contribution in [2.45, 2.75) is 33.6 Å². The minimum absolute atomic E-state index is 0.159. The third kappa shape index (κ3) is 2.81. The van der Waals surface area contributed by atoms with E-state index in [1.54, 1.807) is 6.92 Å². The lowest BCUT2D eigenvalue weighted by Gasteiger charge is -2.19. The molecule has 0 spiro atoms. The zero-order chi connectivity index (χ0) is 8.20. The van der Waals surface area contributed by atoms with Gasteiger partial charge in [-0.25, -0.2) is 0 Å². The molecule has 0 fully saturated rings. The molecule has 0 aliphatic rings. The van der Waals surface area contributed by atoms with Gasteiger partial charge in [0.2, 0.25) is 0 Å². The van der Waals surface area contributed by atoms with Crippen molar-refractivity contribution in [3.8, 4) is 0 Å². The molecule has 58 valence electrons. The Hall–Kier alpha value is -0.590. The van der Waals surface area contributed by atoms with Gasteiger partial charge in [0.25, 0.3) is 0 Å². The van der Waals surface area contributed by atoms with Gasteiger partial charge in [-0.2, -0.15) is 0 Å². The molecule has 0 aliphatic heterocycles. The van der Waals surface area contributed by atoms with Crippen LogP contribution in [0.5, 0.6) is 0 Å². The van der Waals surface area contributed by atoms with Gasteiger partial charge in [0.05, 0.1) is 0 Å². The molecule has 0 saturated carbocycles. The van der Waals surface area contributed by atoms with Gasteiger partial charge in [0.15, 0.2) is 0 Å². The van der Waals surface area contributed by atoms with E-state index in [9.17, 15) is 4.79 Å². The molecule has 0 unspecified atom stereocenters. The Kier molecular flexibility index (Phi) is 3.34. The fourth-order valence-electron chi connectivity index (χ4n) is 0.639. The van der Waals surface area contributed by atoms with E-state index in [-0.39, 0.29) is 11.2 Å². The first kappa shape index (κ1) is 9.41. The largest absolute Gasteiger partial charge is 0.299 e. The molecule has 10 heavy (non-hydrogen) atoms. The van der Waals surface area contributed by atoms with Crippen molar-refractivity contribution >= 4 is 5.78 Å². The predicted octanol–water partition coefficient (Wildman–Crippen LogP) is 2.57. The Bertz CT molecular complexity index is 134. The molecule has 0 aromatic rings. The smallest absolute Gasteiger partial charge is 0.135 e. The van der Waals surface area contributed by atoms with E-state index in [0.29, 0.717) is 0 Å². The maximum atomic E-state index is 10.9. The van der Waals surface area contributed by atoms with Gasteiger partial charge in [-0.1, -0.05) is 19.9 Å². The lowest BCUT2D eigenvalue weighted by atomic mass is 9.84. The van der Waals surface area contributed by atoms with Crippen LogP contribution in [0.3, 0.4) is 0 Å². The number of carbonyl (C=O) groups is 1. The number of allylic oxidation sites excluding steroid dienone is 1. The summed E-state index contributed by atoms with van der Waals surface area (Å²) >= 11 is 0. The van der Waals surface area contributed by atoms with Crippen LogP contribution in [0.1, 0.15) is 33.6 Å². The Morgan fingerprint density at radius 1 is 1.60 bits per heavy atom. The molecular formula is C9H16O. The van der Waals surface area contributed by atoms with Gasteiger partial charge < -0.3 is 0 Å². The SMILES string of the molecule is C=CCCC(C)(C)C(C)=O. The second-order valence-electron chi connectivity index (χ2n) is 3.27. The molecule has 0 aliphatic carbocycles. The lowest BCUT2D eigenvalue weighted by Crippen LogP contribution is -2.20. The van der Waals surface area contributed by atoms with E-state index in [1.807, 2.05) is 19.9 Å². The number of ketones is 1. The van der Waals surface area contributed by atoms with Crippen LogP contribution in [-0.2, 0) is 4.79 Å². The van der Waals surface area contributed by atoms with E-state index in [4.69, 9.17) is 0 Å². The molecule has 1 nitrogen and oxygen atoms in total. The summed E-state index contributed by atoms with van der Waals surface area (Å²) in [5, 5.41) is 0. The van der Waals surface area contributed by atoms with E-state index in [1.165, 1.54) is 0 Å². The maximum Gasteiger partial charge on any atom is 0.135 e. The molecule has 0 saturated heterocycles. The minimum Gasteiger partial charge on any atom is -0.299 e. The van der Waals surface area contributed by atoms with Crippen LogP contribution < -0.4 is 0 Å². The van der Waals surface area contributed by atoms with Crippen LogP contribution >= 0.6 is 0 Å². The van der Waals surface area contributed by atoms with Gasteiger partial charge >= 0.3 is 0 Å². The first-order valence-electron chi connectivity index (χ1n) is 3.62. The molecule has 0 bridgehead atoms. The highest BCUT2D eigenvalue weighted by Gasteiger charge is 2.21. The summed E-state index contributed by atoms with van der Waals surface area (Å²) in [7, 11) is 0. The van der Waals surface area contributed by atoms with E-state index in [2.05, 4.69) is 6.58 Å². The molecule has 0 atom stereocenters. The Balaban J connectivity index is 3.86. The fraction of sp³-hybridized carbons (Fsp3) is 0.667. The molecule has 0 radical (unpaired) electrons. The summed E-state index contributed by atoms with van der Waals surface area (Å²) in [4.78, 5) is 10.9. The van der Waals surface area contributed by atoms with Gasteiger partial charge in [0.1, 0.15) is 5.78 Å². The topological polar surface area (TPSA) is 17.1 Å². The number of carbonyl (C=O) groups excluding carboxylic acids is 1. The summed E-state index contributed by atoms with van der Waals surface area (Å²) in [6.07, 6.45) is 3.68. The van der Waals surface area contributed by atoms with Gasteiger partial charge in [-0.05, 0) is 19.8 Å². The van der Waals surface area contributed by atoms with Crippen molar-refractivity contribution in [3.05, 3.63) is 12.7 Å². The van der Waals surface area contributed by atoms with Gasteiger partial charge in [-0.15, -0.1) is 6.58 Å². The van der Waals surface area contributed by atoms with Crippen molar-refractivity contribution < 1.29 is 4.79 Å².